The SMILES string of the molecule is Cc1ccc2c(c1)cc(C(=O)N1CC(C(=O)N3CCN(C)CC3)C1)n2C. The van der Waals surface area contributed by atoms with Crippen LogP contribution in [0.15, 0.2) is 24.3 Å². The topological polar surface area (TPSA) is 48.8 Å². The van der Waals surface area contributed by atoms with Crippen LogP contribution in [0.2, 0.25) is 0 Å². The van der Waals surface area contributed by atoms with Crippen molar-refractivity contribution in [2.75, 3.05) is 46.3 Å². The quantitative estimate of drug-likeness (QED) is 0.818. The number of hydrogen-bond donors (Lipinski definition) is 0. The van der Waals surface area contributed by atoms with Crippen molar-refractivity contribution in [3.63, 3.8) is 0 Å². The molecule has 0 unspecified atom stereocenters. The van der Waals surface area contributed by atoms with Gasteiger partial charge in [0.1, 0.15) is 5.69 Å². The zero-order valence-electron chi connectivity index (χ0n) is 15.7. The summed E-state index contributed by atoms with van der Waals surface area (Å²) in [6.07, 6.45) is 0. The summed E-state index contributed by atoms with van der Waals surface area (Å²) in [4.78, 5) is 31.4. The number of nitrogens with zero attached hydrogens (tertiary/aromatic N) is 4. The lowest BCUT2D eigenvalue weighted by Gasteiger charge is -2.42. The molecule has 0 radical (unpaired) electrons. The smallest absolute Gasteiger partial charge is 0.270 e. The molecule has 2 saturated heterocycles. The first kappa shape index (κ1) is 17.1. The molecule has 2 aliphatic rings. The maximum Gasteiger partial charge on any atom is 0.270 e. The highest BCUT2D eigenvalue weighted by atomic mass is 16.2. The van der Waals surface area contributed by atoms with Gasteiger partial charge in [-0.15, -0.1) is 0 Å². The summed E-state index contributed by atoms with van der Waals surface area (Å²) in [6, 6.07) is 8.17. The van der Waals surface area contributed by atoms with Gasteiger partial charge >= 0.3 is 0 Å². The van der Waals surface area contributed by atoms with Gasteiger partial charge in [-0.05, 0) is 32.2 Å². The molecule has 0 saturated carbocycles. The van der Waals surface area contributed by atoms with E-state index >= 15 is 0 Å². The summed E-state index contributed by atoms with van der Waals surface area (Å²) in [5, 5.41) is 1.08. The lowest BCUT2D eigenvalue weighted by Crippen LogP contribution is -2.58. The molecule has 0 bridgehead atoms. The van der Waals surface area contributed by atoms with Gasteiger partial charge in [-0.2, -0.15) is 0 Å². The molecule has 0 spiro atoms. The number of fused-ring (bicyclic) bond motifs is 1. The van der Waals surface area contributed by atoms with Crippen molar-refractivity contribution in [2.24, 2.45) is 13.0 Å². The van der Waals surface area contributed by atoms with Crippen molar-refractivity contribution in [1.82, 2.24) is 19.3 Å². The minimum absolute atomic E-state index is 0.0174. The summed E-state index contributed by atoms with van der Waals surface area (Å²) in [6.45, 7) is 6.56. The van der Waals surface area contributed by atoms with Gasteiger partial charge in [0.2, 0.25) is 5.91 Å². The maximum atomic E-state index is 12.9. The van der Waals surface area contributed by atoms with Crippen LogP contribution in [0.5, 0.6) is 0 Å². The van der Waals surface area contributed by atoms with Crippen molar-refractivity contribution in [1.29, 1.82) is 0 Å². The molecule has 2 fully saturated rings. The zero-order chi connectivity index (χ0) is 18.4. The van der Waals surface area contributed by atoms with E-state index < -0.39 is 0 Å². The Labute approximate surface area is 154 Å². The third kappa shape index (κ3) is 2.88. The molecule has 0 aliphatic carbocycles. The Balaban J connectivity index is 1.42. The van der Waals surface area contributed by atoms with E-state index in [1.807, 2.05) is 22.6 Å². The van der Waals surface area contributed by atoms with Crippen LogP contribution in [0.1, 0.15) is 16.1 Å². The summed E-state index contributed by atoms with van der Waals surface area (Å²) in [5.41, 5.74) is 2.93. The number of aryl methyl sites for hydroxylation is 2. The van der Waals surface area contributed by atoms with Gasteiger partial charge in [-0.3, -0.25) is 9.59 Å². The number of rotatable bonds is 2. The zero-order valence-corrected chi connectivity index (χ0v) is 15.7. The first-order valence-corrected chi connectivity index (χ1v) is 9.27. The monoisotopic (exact) mass is 354 g/mol. The van der Waals surface area contributed by atoms with Gasteiger partial charge < -0.3 is 19.3 Å². The number of amides is 2. The van der Waals surface area contributed by atoms with Crippen LogP contribution < -0.4 is 0 Å². The Kier molecular flexibility index (Phi) is 4.23. The van der Waals surface area contributed by atoms with E-state index in [1.54, 1.807) is 4.90 Å². The Morgan fingerprint density at radius 3 is 2.35 bits per heavy atom. The van der Waals surface area contributed by atoms with E-state index in [9.17, 15) is 9.59 Å². The molecule has 0 atom stereocenters. The highest BCUT2D eigenvalue weighted by Gasteiger charge is 2.39. The highest BCUT2D eigenvalue weighted by molar-refractivity contribution is 6.00. The Morgan fingerprint density at radius 1 is 0.962 bits per heavy atom. The van der Waals surface area contributed by atoms with Crippen molar-refractivity contribution in [3.05, 3.63) is 35.5 Å². The van der Waals surface area contributed by atoms with Gasteiger partial charge in [0.05, 0.1) is 5.92 Å². The van der Waals surface area contributed by atoms with E-state index in [0.29, 0.717) is 18.8 Å². The first-order chi connectivity index (χ1) is 12.4. The Morgan fingerprint density at radius 2 is 1.65 bits per heavy atom. The second kappa shape index (κ2) is 6.43. The average Bonchev–Trinajstić information content (AvgIpc) is 2.90. The standard InChI is InChI=1S/C20H26N4O2/c1-14-4-5-17-15(10-14)11-18(22(17)3)20(26)24-12-16(13-24)19(25)23-8-6-21(2)7-9-23/h4-5,10-11,16H,6-9,12-13H2,1-3H3. The molecule has 138 valence electrons. The largest absolute Gasteiger partial charge is 0.340 e. The summed E-state index contributed by atoms with van der Waals surface area (Å²) in [5.74, 6) is 0.179. The lowest BCUT2D eigenvalue weighted by molar-refractivity contribution is -0.141. The molecule has 26 heavy (non-hydrogen) atoms. The van der Waals surface area contributed by atoms with E-state index in [4.69, 9.17) is 0 Å². The molecule has 2 aromatic rings. The molecule has 6 heteroatoms. The summed E-state index contributed by atoms with van der Waals surface area (Å²) >= 11 is 0. The fourth-order valence-electron chi connectivity index (χ4n) is 3.92. The minimum Gasteiger partial charge on any atom is -0.340 e. The van der Waals surface area contributed by atoms with Crippen LogP contribution in [0.3, 0.4) is 0 Å². The molecule has 4 rings (SSSR count). The third-order valence-electron chi connectivity index (χ3n) is 5.75. The molecular weight excluding hydrogens is 328 g/mol. The fourth-order valence-corrected chi connectivity index (χ4v) is 3.92. The van der Waals surface area contributed by atoms with Gasteiger partial charge in [0, 0.05) is 57.2 Å². The minimum atomic E-state index is -0.0423. The number of benzene rings is 1. The number of aromatic nitrogens is 1. The van der Waals surface area contributed by atoms with Crippen LogP contribution >= 0.6 is 0 Å². The Bertz CT molecular complexity index is 858. The Hall–Kier alpha value is -2.34. The molecule has 1 aromatic heterocycles. The van der Waals surface area contributed by atoms with Crippen molar-refractivity contribution in [3.8, 4) is 0 Å². The third-order valence-corrected chi connectivity index (χ3v) is 5.75. The molecule has 2 amide bonds. The van der Waals surface area contributed by atoms with Crippen molar-refractivity contribution in [2.45, 2.75) is 6.92 Å². The van der Waals surface area contributed by atoms with Gasteiger partial charge in [0.25, 0.3) is 5.91 Å². The number of hydrogen-bond acceptors (Lipinski definition) is 3. The average molecular weight is 354 g/mol. The molecule has 1 aromatic carbocycles. The molecule has 0 N–H and O–H groups in total. The van der Waals surface area contributed by atoms with Gasteiger partial charge in [0.15, 0.2) is 0 Å². The van der Waals surface area contributed by atoms with E-state index in [-0.39, 0.29) is 17.7 Å². The number of likely N-dealkylation sites (tertiary alicyclic amines) is 1. The molecule has 6 nitrogen and oxygen atoms in total. The number of carbonyl (C=O) groups excluding carboxylic acids is 2. The molecule has 2 aliphatic heterocycles. The lowest BCUT2D eigenvalue weighted by atomic mass is 9.97. The van der Waals surface area contributed by atoms with Crippen LogP contribution in [-0.4, -0.2) is 77.4 Å². The van der Waals surface area contributed by atoms with E-state index in [1.165, 1.54) is 5.56 Å². The fraction of sp³-hybridized carbons (Fsp3) is 0.500. The molecular formula is C20H26N4O2. The van der Waals surface area contributed by atoms with Crippen LogP contribution in [0, 0.1) is 12.8 Å². The highest BCUT2D eigenvalue weighted by Crippen LogP contribution is 2.25. The van der Waals surface area contributed by atoms with Crippen LogP contribution in [0.25, 0.3) is 10.9 Å². The van der Waals surface area contributed by atoms with Crippen molar-refractivity contribution >= 4 is 22.7 Å². The van der Waals surface area contributed by atoms with Crippen molar-refractivity contribution < 1.29 is 9.59 Å². The van der Waals surface area contributed by atoms with Crippen LogP contribution in [0.4, 0.5) is 0 Å². The number of likely N-dealkylation sites (N-methyl/N-ethyl adjacent to an activating group) is 1. The van der Waals surface area contributed by atoms with E-state index in [0.717, 1.165) is 37.1 Å². The van der Waals surface area contributed by atoms with Gasteiger partial charge in [-0.1, -0.05) is 11.6 Å². The maximum absolute atomic E-state index is 12.9. The number of piperazine rings is 1. The molecule has 3 heterocycles. The van der Waals surface area contributed by atoms with E-state index in [2.05, 4.69) is 37.1 Å². The first-order valence-electron chi connectivity index (χ1n) is 9.27. The second-order valence-corrected chi connectivity index (χ2v) is 7.69. The normalized spacial score (nSPS) is 19.0. The summed E-state index contributed by atoms with van der Waals surface area (Å²) < 4.78 is 1.95. The van der Waals surface area contributed by atoms with Crippen LogP contribution in [-0.2, 0) is 11.8 Å². The van der Waals surface area contributed by atoms with Gasteiger partial charge in [-0.25, -0.2) is 0 Å². The predicted molar refractivity (Wildman–Crippen MR) is 101 cm³/mol. The number of carbonyl (C=O) groups is 2. The predicted octanol–water partition coefficient (Wildman–Crippen LogP) is 1.33. The summed E-state index contributed by atoms with van der Waals surface area (Å²) in [7, 11) is 4.01. The second-order valence-electron chi connectivity index (χ2n) is 7.69.